The van der Waals surface area contributed by atoms with Gasteiger partial charge in [0.15, 0.2) is 0 Å². The van der Waals surface area contributed by atoms with Crippen LogP contribution in [0, 0.1) is 5.41 Å². The Morgan fingerprint density at radius 3 is 2.35 bits per heavy atom. The van der Waals surface area contributed by atoms with E-state index in [0.717, 1.165) is 29.3 Å². The van der Waals surface area contributed by atoms with Gasteiger partial charge >= 0.3 is 12.2 Å². The summed E-state index contributed by atoms with van der Waals surface area (Å²) >= 11 is 5.89. The molecule has 1 aliphatic rings. The molecule has 1 heterocycles. The highest BCUT2D eigenvalue weighted by atomic mass is 35.5. The van der Waals surface area contributed by atoms with Gasteiger partial charge in [-0.15, -0.1) is 0 Å². The number of hydrazone groups is 1. The molecule has 0 radical (unpaired) electrons. The van der Waals surface area contributed by atoms with Gasteiger partial charge in [0, 0.05) is 15.6 Å². The Morgan fingerprint density at radius 2 is 1.81 bits per heavy atom. The van der Waals surface area contributed by atoms with Crippen molar-refractivity contribution in [2.45, 2.75) is 13.1 Å². The monoisotopic (exact) mass is 450 g/mol. The topological polar surface area (TPSA) is 111 Å². The summed E-state index contributed by atoms with van der Waals surface area (Å²) in [5.41, 5.74) is 7.15. The molecule has 0 aliphatic carbocycles. The summed E-state index contributed by atoms with van der Waals surface area (Å²) in [4.78, 5) is 27.7. The fourth-order valence-electron chi connectivity index (χ4n) is 2.99. The van der Waals surface area contributed by atoms with E-state index in [4.69, 9.17) is 17.1 Å². The van der Waals surface area contributed by atoms with Crippen LogP contribution in [-0.4, -0.2) is 29.2 Å². The third kappa shape index (κ3) is 4.62. The standard InChI is InChI=1S/C19H14ClF3N6O2/c1-18(16(30)26-28-24)10-29(27-15(18)11-2-6-13(20)7-3-11)17(31)25-14-8-4-12(5-9-14)19(21,22)23/h2-9H,10H2,1H3,(H,25,31). The Morgan fingerprint density at radius 1 is 1.19 bits per heavy atom. The van der Waals surface area contributed by atoms with Crippen LogP contribution in [0.3, 0.4) is 0 Å². The third-order valence-electron chi connectivity index (χ3n) is 4.63. The molecular weight excluding hydrogens is 437 g/mol. The lowest BCUT2D eigenvalue weighted by Gasteiger charge is -2.22. The first-order valence-electron chi connectivity index (χ1n) is 8.75. The van der Waals surface area contributed by atoms with Gasteiger partial charge in [0.05, 0.1) is 23.2 Å². The molecule has 3 amide bonds. The third-order valence-corrected chi connectivity index (χ3v) is 4.88. The first kappa shape index (κ1) is 22.1. The Kier molecular flexibility index (Phi) is 5.92. The molecule has 31 heavy (non-hydrogen) atoms. The summed E-state index contributed by atoms with van der Waals surface area (Å²) in [7, 11) is 0. The Bertz CT molecular complexity index is 1100. The number of benzene rings is 2. The number of nitrogens with zero attached hydrogens (tertiary/aromatic N) is 5. The number of carbonyl (C=O) groups excluding carboxylic acids is 2. The quantitative estimate of drug-likeness (QED) is 0.380. The summed E-state index contributed by atoms with van der Waals surface area (Å²) < 4.78 is 38.1. The predicted molar refractivity (Wildman–Crippen MR) is 107 cm³/mol. The zero-order valence-electron chi connectivity index (χ0n) is 15.9. The first-order chi connectivity index (χ1) is 14.5. The zero-order valence-corrected chi connectivity index (χ0v) is 16.6. The second-order valence-electron chi connectivity index (χ2n) is 6.85. The molecule has 0 aromatic heterocycles. The maximum absolute atomic E-state index is 12.7. The summed E-state index contributed by atoms with van der Waals surface area (Å²) in [6.45, 7) is 1.23. The van der Waals surface area contributed by atoms with Crippen LogP contribution in [0.25, 0.3) is 10.4 Å². The van der Waals surface area contributed by atoms with Crippen molar-refractivity contribution in [1.82, 2.24) is 5.01 Å². The molecule has 160 valence electrons. The fraction of sp³-hybridized carbons (Fsp3) is 0.211. The Labute approximate surface area is 178 Å². The molecule has 0 spiro atoms. The molecule has 2 aromatic rings. The van der Waals surface area contributed by atoms with Crippen molar-refractivity contribution >= 4 is 34.9 Å². The number of anilines is 1. The van der Waals surface area contributed by atoms with Crippen LogP contribution in [0.15, 0.2) is 58.7 Å². The number of alkyl halides is 3. The molecular formula is C19H14ClF3N6O2. The van der Waals surface area contributed by atoms with E-state index in [1.807, 2.05) is 0 Å². The van der Waals surface area contributed by atoms with E-state index < -0.39 is 29.1 Å². The number of urea groups is 1. The Hall–Kier alpha value is -3.56. The van der Waals surface area contributed by atoms with E-state index in [2.05, 4.69) is 20.4 Å². The molecule has 1 unspecified atom stereocenters. The van der Waals surface area contributed by atoms with E-state index >= 15 is 0 Å². The second kappa shape index (κ2) is 8.29. The van der Waals surface area contributed by atoms with Crippen molar-refractivity contribution in [2.24, 2.45) is 15.6 Å². The van der Waals surface area contributed by atoms with Crippen LogP contribution in [0.2, 0.25) is 5.02 Å². The SMILES string of the molecule is CC1(C(=O)N=[N+]=[N-])CN(C(=O)Nc2ccc(C(F)(F)F)cc2)N=C1c1ccc(Cl)cc1. The number of rotatable bonds is 3. The molecule has 1 N–H and O–H groups in total. The largest absolute Gasteiger partial charge is 0.416 e. The van der Waals surface area contributed by atoms with Crippen LogP contribution < -0.4 is 5.32 Å². The van der Waals surface area contributed by atoms with Gasteiger partial charge < -0.3 is 5.32 Å². The lowest BCUT2D eigenvalue weighted by atomic mass is 9.81. The lowest BCUT2D eigenvalue weighted by molar-refractivity contribution is -0.137. The molecule has 0 fully saturated rings. The fourth-order valence-corrected chi connectivity index (χ4v) is 3.12. The normalized spacial score (nSPS) is 18.2. The number of amides is 3. The van der Waals surface area contributed by atoms with Crippen LogP contribution in [0.4, 0.5) is 23.7 Å². The predicted octanol–water partition coefficient (Wildman–Crippen LogP) is 5.45. The minimum absolute atomic E-state index is 0.108. The summed E-state index contributed by atoms with van der Waals surface area (Å²) in [5.74, 6) is -0.839. The average molecular weight is 451 g/mol. The molecule has 12 heteroatoms. The molecule has 0 saturated heterocycles. The summed E-state index contributed by atoms with van der Waals surface area (Å²) in [6, 6.07) is 9.43. The molecule has 3 rings (SSSR count). The molecule has 0 saturated carbocycles. The average Bonchev–Trinajstić information content (AvgIpc) is 3.07. The van der Waals surface area contributed by atoms with Crippen molar-refractivity contribution in [2.75, 3.05) is 11.9 Å². The lowest BCUT2D eigenvalue weighted by Crippen LogP contribution is -2.40. The number of halogens is 4. The number of nitrogens with one attached hydrogen (secondary N) is 1. The highest BCUT2D eigenvalue weighted by Gasteiger charge is 2.46. The molecule has 8 nitrogen and oxygen atoms in total. The van der Waals surface area contributed by atoms with E-state index in [1.165, 1.54) is 6.92 Å². The molecule has 0 bridgehead atoms. The second-order valence-corrected chi connectivity index (χ2v) is 7.28. The maximum atomic E-state index is 12.7. The van der Waals surface area contributed by atoms with Gasteiger partial charge in [-0.2, -0.15) is 18.3 Å². The van der Waals surface area contributed by atoms with Crippen molar-refractivity contribution < 1.29 is 22.8 Å². The van der Waals surface area contributed by atoms with Gasteiger partial charge in [0.2, 0.25) is 5.91 Å². The van der Waals surface area contributed by atoms with E-state index in [1.54, 1.807) is 24.3 Å². The number of azide groups is 1. The van der Waals surface area contributed by atoms with Crippen molar-refractivity contribution in [3.8, 4) is 0 Å². The molecule has 1 aliphatic heterocycles. The molecule has 1 atom stereocenters. The van der Waals surface area contributed by atoms with Crippen LogP contribution in [-0.2, 0) is 11.0 Å². The smallest absolute Gasteiger partial charge is 0.306 e. The minimum Gasteiger partial charge on any atom is -0.306 e. The summed E-state index contributed by atoms with van der Waals surface area (Å²) in [5, 5.41) is 11.2. The zero-order chi connectivity index (χ0) is 22.8. The number of hydrogen-bond acceptors (Lipinski definition) is 3. The molecule has 2 aromatic carbocycles. The number of carbonyl (C=O) groups is 2. The maximum Gasteiger partial charge on any atom is 0.416 e. The van der Waals surface area contributed by atoms with Gasteiger partial charge in [-0.3, -0.25) is 4.79 Å². The van der Waals surface area contributed by atoms with Crippen LogP contribution in [0.5, 0.6) is 0 Å². The summed E-state index contributed by atoms with van der Waals surface area (Å²) in [6.07, 6.45) is -4.50. The van der Waals surface area contributed by atoms with E-state index in [9.17, 15) is 22.8 Å². The van der Waals surface area contributed by atoms with E-state index in [-0.39, 0.29) is 17.9 Å². The highest BCUT2D eigenvalue weighted by molar-refractivity contribution is 6.30. The van der Waals surface area contributed by atoms with Crippen molar-refractivity contribution in [1.29, 1.82) is 0 Å². The van der Waals surface area contributed by atoms with Crippen LogP contribution >= 0.6 is 11.6 Å². The van der Waals surface area contributed by atoms with Crippen molar-refractivity contribution in [3.05, 3.63) is 75.1 Å². The highest BCUT2D eigenvalue weighted by Crippen LogP contribution is 2.34. The first-order valence-corrected chi connectivity index (χ1v) is 9.13. The van der Waals surface area contributed by atoms with Crippen LogP contribution in [0.1, 0.15) is 18.1 Å². The Balaban J connectivity index is 1.88. The minimum atomic E-state index is -4.50. The van der Waals surface area contributed by atoms with E-state index in [0.29, 0.717) is 10.6 Å². The van der Waals surface area contributed by atoms with Gasteiger partial charge in [0.25, 0.3) is 0 Å². The van der Waals surface area contributed by atoms with Gasteiger partial charge in [0.1, 0.15) is 0 Å². The van der Waals surface area contributed by atoms with Gasteiger partial charge in [-0.25, -0.2) is 9.80 Å². The van der Waals surface area contributed by atoms with Crippen molar-refractivity contribution in [3.63, 3.8) is 0 Å². The van der Waals surface area contributed by atoms with Gasteiger partial charge in [-0.05, 0) is 59.5 Å². The van der Waals surface area contributed by atoms with Gasteiger partial charge in [-0.1, -0.05) is 23.7 Å². The number of hydrogen-bond donors (Lipinski definition) is 1.